The molecule has 2 atom stereocenters. The standard InChI is InChI=1S/C15H23N3O2/c1-3-20-15(19)12-7-8-14(17-10-12)18-9-5-4-6-13(18)11(2)16/h7-8,10-11,13H,3-6,9,16H2,1-2H3. The molecule has 110 valence electrons. The first-order valence-corrected chi connectivity index (χ1v) is 7.29. The number of aromatic nitrogens is 1. The number of rotatable bonds is 4. The summed E-state index contributed by atoms with van der Waals surface area (Å²) in [5.74, 6) is 0.564. The Morgan fingerprint density at radius 3 is 2.95 bits per heavy atom. The lowest BCUT2D eigenvalue weighted by molar-refractivity contribution is 0.0526. The molecule has 5 heteroatoms. The van der Waals surface area contributed by atoms with Crippen molar-refractivity contribution in [3.63, 3.8) is 0 Å². The largest absolute Gasteiger partial charge is 0.462 e. The van der Waals surface area contributed by atoms with Crippen LogP contribution in [0.3, 0.4) is 0 Å². The van der Waals surface area contributed by atoms with Crippen LogP contribution >= 0.6 is 0 Å². The van der Waals surface area contributed by atoms with Gasteiger partial charge in [-0.25, -0.2) is 9.78 Å². The molecule has 0 aromatic carbocycles. The Bertz CT molecular complexity index is 445. The van der Waals surface area contributed by atoms with Gasteiger partial charge in [0.25, 0.3) is 0 Å². The second-order valence-electron chi connectivity index (χ2n) is 5.24. The van der Waals surface area contributed by atoms with Gasteiger partial charge >= 0.3 is 5.97 Å². The number of pyridine rings is 1. The molecule has 1 aliphatic rings. The maximum atomic E-state index is 11.6. The molecular weight excluding hydrogens is 254 g/mol. The summed E-state index contributed by atoms with van der Waals surface area (Å²) < 4.78 is 4.96. The minimum absolute atomic E-state index is 0.113. The predicted octanol–water partition coefficient (Wildman–Crippen LogP) is 1.96. The van der Waals surface area contributed by atoms with E-state index in [0.717, 1.165) is 25.2 Å². The van der Waals surface area contributed by atoms with Gasteiger partial charge in [-0.1, -0.05) is 0 Å². The third-order valence-electron chi connectivity index (χ3n) is 3.71. The molecule has 2 N–H and O–H groups in total. The summed E-state index contributed by atoms with van der Waals surface area (Å²) in [6, 6.07) is 4.09. The van der Waals surface area contributed by atoms with Crippen LogP contribution in [0.15, 0.2) is 18.3 Å². The second-order valence-corrected chi connectivity index (χ2v) is 5.24. The summed E-state index contributed by atoms with van der Waals surface area (Å²) in [5.41, 5.74) is 6.56. The van der Waals surface area contributed by atoms with Gasteiger partial charge in [0.15, 0.2) is 0 Å². The van der Waals surface area contributed by atoms with Crippen molar-refractivity contribution in [3.8, 4) is 0 Å². The average Bonchev–Trinajstić information content (AvgIpc) is 2.47. The molecule has 1 aliphatic heterocycles. The van der Waals surface area contributed by atoms with E-state index in [-0.39, 0.29) is 12.0 Å². The highest BCUT2D eigenvalue weighted by Crippen LogP contribution is 2.24. The Balaban J connectivity index is 2.13. The quantitative estimate of drug-likeness (QED) is 0.852. The number of carbonyl (C=O) groups is 1. The van der Waals surface area contributed by atoms with Crippen LogP contribution in [-0.4, -0.2) is 36.2 Å². The number of nitrogens with two attached hydrogens (primary N) is 1. The zero-order chi connectivity index (χ0) is 14.5. The predicted molar refractivity (Wildman–Crippen MR) is 78.8 cm³/mol. The Labute approximate surface area is 120 Å². The smallest absolute Gasteiger partial charge is 0.339 e. The maximum Gasteiger partial charge on any atom is 0.339 e. The average molecular weight is 277 g/mol. The summed E-state index contributed by atoms with van der Waals surface area (Å²) in [4.78, 5) is 18.3. The molecule has 1 saturated heterocycles. The highest BCUT2D eigenvalue weighted by Gasteiger charge is 2.26. The Morgan fingerprint density at radius 2 is 2.35 bits per heavy atom. The third-order valence-corrected chi connectivity index (χ3v) is 3.71. The van der Waals surface area contributed by atoms with Crippen molar-refractivity contribution in [2.24, 2.45) is 5.73 Å². The summed E-state index contributed by atoms with van der Waals surface area (Å²) >= 11 is 0. The molecular formula is C15H23N3O2. The Morgan fingerprint density at radius 1 is 1.55 bits per heavy atom. The van der Waals surface area contributed by atoms with Gasteiger partial charge in [-0.05, 0) is 45.2 Å². The molecule has 0 radical (unpaired) electrons. The van der Waals surface area contributed by atoms with E-state index in [1.54, 1.807) is 19.2 Å². The van der Waals surface area contributed by atoms with Gasteiger partial charge in [-0.2, -0.15) is 0 Å². The number of hydrogen-bond donors (Lipinski definition) is 1. The Kier molecular flexibility index (Phi) is 4.95. The molecule has 20 heavy (non-hydrogen) atoms. The molecule has 0 saturated carbocycles. The zero-order valence-electron chi connectivity index (χ0n) is 12.2. The van der Waals surface area contributed by atoms with Crippen molar-refractivity contribution >= 4 is 11.8 Å². The summed E-state index contributed by atoms with van der Waals surface area (Å²) in [6.07, 6.45) is 5.05. The lowest BCUT2D eigenvalue weighted by Crippen LogP contribution is -2.49. The number of ether oxygens (including phenoxy) is 1. The monoisotopic (exact) mass is 277 g/mol. The van der Waals surface area contributed by atoms with E-state index in [9.17, 15) is 4.79 Å². The molecule has 0 aliphatic carbocycles. The van der Waals surface area contributed by atoms with Crippen molar-refractivity contribution in [3.05, 3.63) is 23.9 Å². The van der Waals surface area contributed by atoms with Gasteiger partial charge < -0.3 is 15.4 Å². The molecule has 0 amide bonds. The van der Waals surface area contributed by atoms with E-state index in [0.29, 0.717) is 18.2 Å². The molecule has 0 spiro atoms. The fraction of sp³-hybridized carbons (Fsp3) is 0.600. The fourth-order valence-corrected chi connectivity index (χ4v) is 2.68. The van der Waals surface area contributed by atoms with Crippen LogP contribution in [0.25, 0.3) is 0 Å². The van der Waals surface area contributed by atoms with Gasteiger partial charge in [0.05, 0.1) is 12.2 Å². The highest BCUT2D eigenvalue weighted by molar-refractivity contribution is 5.89. The Hall–Kier alpha value is -1.62. The molecule has 2 unspecified atom stereocenters. The van der Waals surface area contributed by atoms with E-state index in [4.69, 9.17) is 10.5 Å². The van der Waals surface area contributed by atoms with Crippen molar-refractivity contribution in [1.29, 1.82) is 0 Å². The summed E-state index contributed by atoms with van der Waals surface area (Å²) in [6.45, 7) is 5.17. The molecule has 5 nitrogen and oxygen atoms in total. The van der Waals surface area contributed by atoms with Crippen molar-refractivity contribution in [1.82, 2.24) is 4.98 Å². The number of nitrogens with zero attached hydrogens (tertiary/aromatic N) is 2. The number of piperidine rings is 1. The van der Waals surface area contributed by atoms with Gasteiger partial charge in [0.1, 0.15) is 5.82 Å². The van der Waals surface area contributed by atoms with E-state index >= 15 is 0 Å². The van der Waals surface area contributed by atoms with Crippen LogP contribution in [0.4, 0.5) is 5.82 Å². The summed E-state index contributed by atoms with van der Waals surface area (Å²) in [7, 11) is 0. The van der Waals surface area contributed by atoms with Crippen LogP contribution in [0.1, 0.15) is 43.5 Å². The minimum Gasteiger partial charge on any atom is -0.462 e. The number of hydrogen-bond acceptors (Lipinski definition) is 5. The number of esters is 1. The van der Waals surface area contributed by atoms with Gasteiger partial charge in [0.2, 0.25) is 0 Å². The van der Waals surface area contributed by atoms with Crippen LogP contribution < -0.4 is 10.6 Å². The normalized spacial score (nSPS) is 20.6. The first-order valence-electron chi connectivity index (χ1n) is 7.29. The molecule has 0 bridgehead atoms. The first-order chi connectivity index (χ1) is 9.63. The third kappa shape index (κ3) is 3.28. The lowest BCUT2D eigenvalue weighted by atomic mass is 9.97. The van der Waals surface area contributed by atoms with Crippen LogP contribution in [-0.2, 0) is 4.74 Å². The molecule has 1 aromatic rings. The van der Waals surface area contributed by atoms with Crippen LogP contribution in [0.2, 0.25) is 0 Å². The molecule has 1 aromatic heterocycles. The molecule has 1 fully saturated rings. The van der Waals surface area contributed by atoms with Gasteiger partial charge in [-0.3, -0.25) is 0 Å². The highest BCUT2D eigenvalue weighted by atomic mass is 16.5. The maximum absolute atomic E-state index is 11.6. The molecule has 2 rings (SSSR count). The lowest BCUT2D eigenvalue weighted by Gasteiger charge is -2.38. The number of anilines is 1. The van der Waals surface area contributed by atoms with Gasteiger partial charge in [-0.15, -0.1) is 0 Å². The number of carbonyl (C=O) groups excluding carboxylic acids is 1. The van der Waals surface area contributed by atoms with Crippen molar-refractivity contribution in [2.75, 3.05) is 18.1 Å². The fourth-order valence-electron chi connectivity index (χ4n) is 2.68. The molecule has 2 heterocycles. The minimum atomic E-state index is -0.325. The van der Waals surface area contributed by atoms with Crippen LogP contribution in [0.5, 0.6) is 0 Å². The van der Waals surface area contributed by atoms with E-state index in [1.165, 1.54) is 6.42 Å². The van der Waals surface area contributed by atoms with Gasteiger partial charge in [0, 0.05) is 24.8 Å². The van der Waals surface area contributed by atoms with E-state index < -0.39 is 0 Å². The van der Waals surface area contributed by atoms with Crippen LogP contribution in [0, 0.1) is 0 Å². The zero-order valence-corrected chi connectivity index (χ0v) is 12.2. The summed E-state index contributed by atoms with van der Waals surface area (Å²) in [5, 5.41) is 0. The van der Waals surface area contributed by atoms with Crippen molar-refractivity contribution in [2.45, 2.75) is 45.2 Å². The van der Waals surface area contributed by atoms with Crippen molar-refractivity contribution < 1.29 is 9.53 Å². The second kappa shape index (κ2) is 6.70. The van der Waals surface area contributed by atoms with E-state index in [1.807, 2.05) is 13.0 Å². The topological polar surface area (TPSA) is 68.5 Å². The SMILES string of the molecule is CCOC(=O)c1ccc(N2CCCCC2C(C)N)nc1. The van der Waals surface area contributed by atoms with E-state index in [2.05, 4.69) is 9.88 Å². The first kappa shape index (κ1) is 14.8.